The molecule has 1 rings (SSSR count). The zero-order valence-corrected chi connectivity index (χ0v) is 13.7. The molecule has 4 nitrogen and oxygen atoms in total. The SMILES string of the molecule is CCCCCCCCCCCC(=O)O[C@@H]1CC(=O)N(C)C1. The number of unbranched alkanes of at least 4 members (excludes halogenated alkanes) is 8. The Bertz CT molecular complexity index is 317. The van der Waals surface area contributed by atoms with E-state index in [4.69, 9.17) is 4.74 Å². The lowest BCUT2D eigenvalue weighted by Gasteiger charge is -2.11. The Balaban J connectivity index is 1.91. The Kier molecular flexibility index (Phi) is 9.11. The van der Waals surface area contributed by atoms with Gasteiger partial charge >= 0.3 is 5.97 Å². The fraction of sp³-hybridized carbons (Fsp3) is 0.882. The van der Waals surface area contributed by atoms with Crippen molar-refractivity contribution in [3.05, 3.63) is 0 Å². The molecule has 0 bridgehead atoms. The Morgan fingerprint density at radius 2 is 1.67 bits per heavy atom. The minimum Gasteiger partial charge on any atom is -0.460 e. The molecule has 1 heterocycles. The van der Waals surface area contributed by atoms with E-state index in [1.54, 1.807) is 11.9 Å². The van der Waals surface area contributed by atoms with E-state index in [2.05, 4.69) is 6.92 Å². The number of nitrogens with zero attached hydrogens (tertiary/aromatic N) is 1. The maximum absolute atomic E-state index is 11.7. The standard InChI is InChI=1S/C17H31NO3/c1-3-4-5-6-7-8-9-10-11-12-17(20)21-15-13-16(19)18(2)14-15/h15H,3-14H2,1-2H3/t15-/m1/s1. The highest BCUT2D eigenvalue weighted by atomic mass is 16.5. The zero-order valence-electron chi connectivity index (χ0n) is 13.7. The predicted molar refractivity (Wildman–Crippen MR) is 84.0 cm³/mol. The molecule has 4 heteroatoms. The Hall–Kier alpha value is -1.06. The van der Waals surface area contributed by atoms with Gasteiger partial charge in [-0.2, -0.15) is 0 Å². The Morgan fingerprint density at radius 1 is 1.10 bits per heavy atom. The first kappa shape index (κ1) is 18.0. The second kappa shape index (κ2) is 10.6. The molecule has 0 radical (unpaired) electrons. The van der Waals surface area contributed by atoms with Gasteiger partial charge in [0.2, 0.25) is 5.91 Å². The van der Waals surface area contributed by atoms with Crippen LogP contribution in [-0.4, -0.2) is 36.5 Å². The summed E-state index contributed by atoms with van der Waals surface area (Å²) >= 11 is 0. The lowest BCUT2D eigenvalue weighted by molar-refractivity contribution is -0.148. The van der Waals surface area contributed by atoms with Gasteiger partial charge in [-0.25, -0.2) is 0 Å². The zero-order chi connectivity index (χ0) is 15.5. The highest BCUT2D eigenvalue weighted by molar-refractivity contribution is 5.79. The largest absolute Gasteiger partial charge is 0.460 e. The molecule has 0 N–H and O–H groups in total. The molecule has 0 aromatic carbocycles. The third-order valence-corrected chi connectivity index (χ3v) is 4.09. The number of carbonyl (C=O) groups excluding carboxylic acids is 2. The van der Waals surface area contributed by atoms with Crippen molar-refractivity contribution < 1.29 is 14.3 Å². The molecule has 0 saturated carbocycles. The summed E-state index contributed by atoms with van der Waals surface area (Å²) < 4.78 is 5.32. The molecule has 0 aromatic heterocycles. The van der Waals surface area contributed by atoms with Crippen molar-refractivity contribution >= 4 is 11.9 Å². The van der Waals surface area contributed by atoms with Crippen LogP contribution in [0.5, 0.6) is 0 Å². The molecule has 1 fully saturated rings. The van der Waals surface area contributed by atoms with Gasteiger partial charge in [0.25, 0.3) is 0 Å². The third kappa shape index (κ3) is 8.08. The van der Waals surface area contributed by atoms with Crippen LogP contribution >= 0.6 is 0 Å². The van der Waals surface area contributed by atoms with Crippen LogP contribution in [0, 0.1) is 0 Å². The van der Waals surface area contributed by atoms with Crippen LogP contribution in [-0.2, 0) is 14.3 Å². The van der Waals surface area contributed by atoms with Gasteiger partial charge in [-0.1, -0.05) is 58.3 Å². The number of likely N-dealkylation sites (N-methyl/N-ethyl adjacent to an activating group) is 1. The highest BCUT2D eigenvalue weighted by Crippen LogP contribution is 2.14. The van der Waals surface area contributed by atoms with E-state index in [0.29, 0.717) is 19.4 Å². The Labute approximate surface area is 129 Å². The fourth-order valence-electron chi connectivity index (χ4n) is 2.73. The first-order valence-corrected chi connectivity index (χ1v) is 8.57. The molecule has 0 unspecified atom stereocenters. The third-order valence-electron chi connectivity index (χ3n) is 4.09. The first-order valence-electron chi connectivity index (χ1n) is 8.57. The van der Waals surface area contributed by atoms with Crippen LogP contribution in [0.1, 0.15) is 77.6 Å². The quantitative estimate of drug-likeness (QED) is 0.432. The van der Waals surface area contributed by atoms with Gasteiger partial charge in [-0.15, -0.1) is 0 Å². The maximum Gasteiger partial charge on any atom is 0.306 e. The van der Waals surface area contributed by atoms with Crippen LogP contribution in [0.15, 0.2) is 0 Å². The van der Waals surface area contributed by atoms with Crippen molar-refractivity contribution in [1.29, 1.82) is 0 Å². The monoisotopic (exact) mass is 297 g/mol. The summed E-state index contributed by atoms with van der Waals surface area (Å²) in [4.78, 5) is 24.6. The molecule has 122 valence electrons. The summed E-state index contributed by atoms with van der Waals surface area (Å²) in [5.41, 5.74) is 0. The average molecular weight is 297 g/mol. The molecule has 1 aliphatic rings. The summed E-state index contributed by atoms with van der Waals surface area (Å²) in [5, 5.41) is 0. The van der Waals surface area contributed by atoms with E-state index >= 15 is 0 Å². The topological polar surface area (TPSA) is 46.6 Å². The predicted octanol–water partition coefficient (Wildman–Crippen LogP) is 3.68. The minimum atomic E-state index is -0.228. The second-order valence-corrected chi connectivity index (χ2v) is 6.17. The van der Waals surface area contributed by atoms with Gasteiger partial charge in [0.15, 0.2) is 0 Å². The highest BCUT2D eigenvalue weighted by Gasteiger charge is 2.29. The minimum absolute atomic E-state index is 0.0656. The molecule has 21 heavy (non-hydrogen) atoms. The molecule has 1 saturated heterocycles. The fourth-order valence-corrected chi connectivity index (χ4v) is 2.73. The van der Waals surface area contributed by atoms with Gasteiger partial charge in [-0.05, 0) is 6.42 Å². The van der Waals surface area contributed by atoms with Crippen molar-refractivity contribution in [2.45, 2.75) is 83.7 Å². The van der Waals surface area contributed by atoms with Crippen LogP contribution < -0.4 is 0 Å². The number of esters is 1. The number of amides is 1. The Morgan fingerprint density at radius 3 is 2.19 bits per heavy atom. The lowest BCUT2D eigenvalue weighted by Crippen LogP contribution is -2.23. The molecule has 0 spiro atoms. The van der Waals surface area contributed by atoms with E-state index < -0.39 is 0 Å². The normalized spacial score (nSPS) is 18.3. The van der Waals surface area contributed by atoms with Crippen LogP contribution in [0.3, 0.4) is 0 Å². The number of carbonyl (C=O) groups is 2. The summed E-state index contributed by atoms with van der Waals surface area (Å²) in [6.45, 7) is 2.78. The second-order valence-electron chi connectivity index (χ2n) is 6.17. The molecule has 1 amide bonds. The average Bonchev–Trinajstić information content (AvgIpc) is 2.75. The number of ether oxygens (including phenoxy) is 1. The van der Waals surface area contributed by atoms with Crippen molar-refractivity contribution in [3.8, 4) is 0 Å². The number of rotatable bonds is 11. The number of hydrogen-bond acceptors (Lipinski definition) is 3. The van der Waals surface area contributed by atoms with Gasteiger partial charge in [0.1, 0.15) is 6.10 Å². The van der Waals surface area contributed by atoms with Crippen molar-refractivity contribution in [3.63, 3.8) is 0 Å². The first-order chi connectivity index (χ1) is 10.1. The lowest BCUT2D eigenvalue weighted by atomic mass is 10.1. The summed E-state index contributed by atoms with van der Waals surface area (Å²) in [6.07, 6.45) is 11.8. The number of hydrogen-bond donors (Lipinski definition) is 0. The van der Waals surface area contributed by atoms with Crippen LogP contribution in [0.2, 0.25) is 0 Å². The van der Waals surface area contributed by atoms with Gasteiger partial charge in [0, 0.05) is 13.5 Å². The van der Waals surface area contributed by atoms with Crippen molar-refractivity contribution in [2.75, 3.05) is 13.6 Å². The molecular weight excluding hydrogens is 266 g/mol. The molecule has 1 atom stereocenters. The van der Waals surface area contributed by atoms with E-state index in [1.165, 1.54) is 44.9 Å². The van der Waals surface area contributed by atoms with E-state index in [0.717, 1.165) is 12.8 Å². The molecule has 1 aliphatic heterocycles. The molecule has 0 aromatic rings. The smallest absolute Gasteiger partial charge is 0.306 e. The van der Waals surface area contributed by atoms with E-state index in [-0.39, 0.29) is 18.0 Å². The van der Waals surface area contributed by atoms with Crippen LogP contribution in [0.25, 0.3) is 0 Å². The maximum atomic E-state index is 11.7. The van der Waals surface area contributed by atoms with Gasteiger partial charge in [0.05, 0.1) is 13.0 Å². The van der Waals surface area contributed by atoms with E-state index in [1.807, 2.05) is 0 Å². The molecular formula is C17H31NO3. The van der Waals surface area contributed by atoms with Crippen LogP contribution in [0.4, 0.5) is 0 Å². The summed E-state index contributed by atoms with van der Waals surface area (Å²) in [7, 11) is 1.75. The van der Waals surface area contributed by atoms with Gasteiger partial charge in [-0.3, -0.25) is 9.59 Å². The van der Waals surface area contributed by atoms with Crippen molar-refractivity contribution in [1.82, 2.24) is 4.90 Å². The van der Waals surface area contributed by atoms with Gasteiger partial charge < -0.3 is 9.64 Å². The van der Waals surface area contributed by atoms with Crippen molar-refractivity contribution in [2.24, 2.45) is 0 Å². The summed E-state index contributed by atoms with van der Waals surface area (Å²) in [5.74, 6) is -0.0816. The number of likely N-dealkylation sites (tertiary alicyclic amines) is 1. The van der Waals surface area contributed by atoms with E-state index in [9.17, 15) is 9.59 Å². The summed E-state index contributed by atoms with van der Waals surface area (Å²) in [6, 6.07) is 0. The molecule has 0 aliphatic carbocycles.